The monoisotopic (exact) mass is 444 g/mol. The van der Waals surface area contributed by atoms with Crippen LogP contribution in [0.4, 0.5) is 0 Å². The fourth-order valence-corrected chi connectivity index (χ4v) is 3.60. The summed E-state index contributed by atoms with van der Waals surface area (Å²) in [5, 5.41) is 0. The molecule has 0 bridgehead atoms. The molecule has 1 aliphatic rings. The molecular formula is C25H24N4O4. The number of amides is 3. The number of carbonyl (C=O) groups is 3. The number of primary amides is 1. The molecule has 3 aromatic rings. The molecule has 1 aromatic heterocycles. The van der Waals surface area contributed by atoms with E-state index in [1.807, 2.05) is 18.2 Å². The van der Waals surface area contributed by atoms with Gasteiger partial charge in [-0.15, -0.1) is 0 Å². The van der Waals surface area contributed by atoms with E-state index in [4.69, 9.17) is 10.5 Å². The Kier molecular flexibility index (Phi) is 6.64. The van der Waals surface area contributed by atoms with E-state index in [1.165, 1.54) is 0 Å². The number of nitrogens with zero attached hydrogens (tertiary/aromatic N) is 3. The molecule has 1 aliphatic heterocycles. The summed E-state index contributed by atoms with van der Waals surface area (Å²) < 4.78 is 5.76. The lowest BCUT2D eigenvalue weighted by Gasteiger charge is -2.34. The largest absolute Gasteiger partial charge is 0.457 e. The molecule has 33 heavy (non-hydrogen) atoms. The molecule has 0 atom stereocenters. The van der Waals surface area contributed by atoms with E-state index in [9.17, 15) is 14.4 Å². The van der Waals surface area contributed by atoms with Crippen molar-refractivity contribution < 1.29 is 19.1 Å². The van der Waals surface area contributed by atoms with Crippen molar-refractivity contribution in [1.82, 2.24) is 14.8 Å². The van der Waals surface area contributed by atoms with E-state index in [0.29, 0.717) is 48.8 Å². The Morgan fingerprint density at radius 3 is 1.91 bits per heavy atom. The van der Waals surface area contributed by atoms with Crippen molar-refractivity contribution in [3.05, 3.63) is 89.7 Å². The summed E-state index contributed by atoms with van der Waals surface area (Å²) >= 11 is 0. The van der Waals surface area contributed by atoms with Crippen molar-refractivity contribution in [3.63, 3.8) is 0 Å². The number of carbonyl (C=O) groups excluding carboxylic acids is 3. The number of rotatable bonds is 6. The molecule has 2 N–H and O–H groups in total. The van der Waals surface area contributed by atoms with Crippen LogP contribution in [0.2, 0.25) is 0 Å². The maximum absolute atomic E-state index is 12.9. The van der Waals surface area contributed by atoms with Gasteiger partial charge in [0, 0.05) is 49.2 Å². The standard InChI is InChI=1S/C25H24N4O4/c26-24(31)18-4-8-21(9-5-18)33-22-10-6-19(7-11-22)25(32)29-15-13-28(14-16-29)23(30)17-20-3-1-2-12-27-20/h1-12H,13-17H2,(H2,26,31). The zero-order valence-corrected chi connectivity index (χ0v) is 18.0. The second-order valence-electron chi connectivity index (χ2n) is 7.69. The SMILES string of the molecule is NC(=O)c1ccc(Oc2ccc(C(=O)N3CCN(C(=O)Cc4ccccn4)CC3)cc2)cc1. The maximum Gasteiger partial charge on any atom is 0.253 e. The van der Waals surface area contributed by atoms with Crippen LogP contribution in [0.1, 0.15) is 26.4 Å². The van der Waals surface area contributed by atoms with Crippen molar-refractivity contribution in [1.29, 1.82) is 0 Å². The van der Waals surface area contributed by atoms with Crippen molar-refractivity contribution in [3.8, 4) is 11.5 Å². The Labute approximate surface area is 191 Å². The summed E-state index contributed by atoms with van der Waals surface area (Å²) in [6.07, 6.45) is 1.94. The molecule has 0 saturated carbocycles. The third kappa shape index (κ3) is 5.54. The first-order chi connectivity index (χ1) is 16.0. The molecule has 2 heterocycles. The van der Waals surface area contributed by atoms with Crippen LogP contribution in [0, 0.1) is 0 Å². The van der Waals surface area contributed by atoms with Gasteiger partial charge in [0.2, 0.25) is 11.8 Å². The lowest BCUT2D eigenvalue weighted by Crippen LogP contribution is -2.51. The predicted octanol–water partition coefficient (Wildman–Crippen LogP) is 2.50. The highest BCUT2D eigenvalue weighted by Gasteiger charge is 2.25. The van der Waals surface area contributed by atoms with E-state index in [1.54, 1.807) is 64.5 Å². The fourth-order valence-electron chi connectivity index (χ4n) is 3.60. The quantitative estimate of drug-likeness (QED) is 0.629. The molecular weight excluding hydrogens is 420 g/mol. The average Bonchev–Trinajstić information content (AvgIpc) is 2.85. The topological polar surface area (TPSA) is 106 Å². The molecule has 0 unspecified atom stereocenters. The van der Waals surface area contributed by atoms with Crippen LogP contribution in [0.15, 0.2) is 72.9 Å². The van der Waals surface area contributed by atoms with Crippen molar-refractivity contribution >= 4 is 17.7 Å². The highest BCUT2D eigenvalue weighted by molar-refractivity contribution is 5.94. The van der Waals surface area contributed by atoms with Crippen LogP contribution in [0.3, 0.4) is 0 Å². The molecule has 1 fully saturated rings. The van der Waals surface area contributed by atoms with Gasteiger partial charge in [-0.3, -0.25) is 19.4 Å². The first kappa shape index (κ1) is 22.0. The smallest absolute Gasteiger partial charge is 0.253 e. The summed E-state index contributed by atoms with van der Waals surface area (Å²) in [7, 11) is 0. The van der Waals surface area contributed by atoms with Gasteiger partial charge < -0.3 is 20.3 Å². The van der Waals surface area contributed by atoms with Crippen LogP contribution in [0.5, 0.6) is 11.5 Å². The van der Waals surface area contributed by atoms with E-state index in [0.717, 1.165) is 5.69 Å². The van der Waals surface area contributed by atoms with E-state index in [2.05, 4.69) is 4.98 Å². The van der Waals surface area contributed by atoms with Gasteiger partial charge in [0.25, 0.3) is 5.91 Å². The van der Waals surface area contributed by atoms with Gasteiger partial charge in [-0.1, -0.05) is 6.07 Å². The van der Waals surface area contributed by atoms with Gasteiger partial charge in [-0.05, 0) is 60.7 Å². The first-order valence-corrected chi connectivity index (χ1v) is 10.6. The Hall–Kier alpha value is -4.20. The normalized spacial score (nSPS) is 13.5. The molecule has 0 aliphatic carbocycles. The number of hydrogen-bond donors (Lipinski definition) is 1. The maximum atomic E-state index is 12.9. The minimum atomic E-state index is -0.497. The Bertz CT molecular complexity index is 1120. The number of aromatic nitrogens is 1. The van der Waals surface area contributed by atoms with Gasteiger partial charge in [-0.25, -0.2) is 0 Å². The summed E-state index contributed by atoms with van der Waals surface area (Å²) in [6, 6.07) is 18.9. The number of ether oxygens (including phenoxy) is 1. The van der Waals surface area contributed by atoms with E-state index >= 15 is 0 Å². The number of benzene rings is 2. The van der Waals surface area contributed by atoms with Crippen LogP contribution in [0.25, 0.3) is 0 Å². The van der Waals surface area contributed by atoms with Crippen LogP contribution in [-0.2, 0) is 11.2 Å². The third-order valence-corrected chi connectivity index (χ3v) is 5.45. The molecule has 0 spiro atoms. The van der Waals surface area contributed by atoms with Crippen molar-refractivity contribution in [2.75, 3.05) is 26.2 Å². The molecule has 168 valence electrons. The third-order valence-electron chi connectivity index (χ3n) is 5.45. The number of pyridine rings is 1. The Morgan fingerprint density at radius 1 is 0.788 bits per heavy atom. The first-order valence-electron chi connectivity index (χ1n) is 10.6. The van der Waals surface area contributed by atoms with Gasteiger partial charge >= 0.3 is 0 Å². The molecule has 1 saturated heterocycles. The van der Waals surface area contributed by atoms with Crippen LogP contribution >= 0.6 is 0 Å². The second kappa shape index (κ2) is 9.95. The molecule has 0 radical (unpaired) electrons. The molecule has 2 aromatic carbocycles. The van der Waals surface area contributed by atoms with Crippen LogP contribution < -0.4 is 10.5 Å². The minimum absolute atomic E-state index is 0.0196. The lowest BCUT2D eigenvalue weighted by molar-refractivity contribution is -0.132. The van der Waals surface area contributed by atoms with Gasteiger partial charge in [0.1, 0.15) is 11.5 Å². The molecule has 4 rings (SSSR count). The van der Waals surface area contributed by atoms with Crippen molar-refractivity contribution in [2.24, 2.45) is 5.73 Å². The summed E-state index contributed by atoms with van der Waals surface area (Å²) in [5.41, 5.74) is 6.94. The van der Waals surface area contributed by atoms with Crippen molar-refractivity contribution in [2.45, 2.75) is 6.42 Å². The lowest BCUT2D eigenvalue weighted by atomic mass is 10.1. The summed E-state index contributed by atoms with van der Waals surface area (Å²) in [5.74, 6) is 0.576. The van der Waals surface area contributed by atoms with Crippen LogP contribution in [-0.4, -0.2) is 58.7 Å². The number of hydrogen-bond acceptors (Lipinski definition) is 5. The molecule has 3 amide bonds. The highest BCUT2D eigenvalue weighted by atomic mass is 16.5. The second-order valence-corrected chi connectivity index (χ2v) is 7.69. The Balaban J connectivity index is 1.29. The molecule has 8 heteroatoms. The van der Waals surface area contributed by atoms with E-state index in [-0.39, 0.29) is 18.2 Å². The Morgan fingerprint density at radius 2 is 1.36 bits per heavy atom. The summed E-state index contributed by atoms with van der Waals surface area (Å²) in [6.45, 7) is 1.97. The summed E-state index contributed by atoms with van der Waals surface area (Å²) in [4.78, 5) is 44.2. The fraction of sp³-hybridized carbons (Fsp3) is 0.200. The van der Waals surface area contributed by atoms with Gasteiger partial charge in [0.15, 0.2) is 0 Å². The minimum Gasteiger partial charge on any atom is -0.457 e. The average molecular weight is 444 g/mol. The highest BCUT2D eigenvalue weighted by Crippen LogP contribution is 2.22. The van der Waals surface area contributed by atoms with E-state index < -0.39 is 5.91 Å². The predicted molar refractivity (Wildman–Crippen MR) is 122 cm³/mol. The van der Waals surface area contributed by atoms with Gasteiger partial charge in [0.05, 0.1) is 6.42 Å². The molecule has 8 nitrogen and oxygen atoms in total. The van der Waals surface area contributed by atoms with Gasteiger partial charge in [-0.2, -0.15) is 0 Å². The zero-order valence-electron chi connectivity index (χ0n) is 18.0. The number of piperazine rings is 1. The zero-order chi connectivity index (χ0) is 23.2. The number of nitrogens with two attached hydrogens (primary N) is 1.